The van der Waals surface area contributed by atoms with E-state index in [-0.39, 0.29) is 36.4 Å². The summed E-state index contributed by atoms with van der Waals surface area (Å²) < 4.78 is 26.8. The van der Waals surface area contributed by atoms with E-state index in [1.807, 2.05) is 0 Å². The average Bonchev–Trinajstić information content (AvgIpc) is 2.91. The number of aromatic nitrogens is 1. The molecule has 10 heteroatoms. The molecule has 30 heavy (non-hydrogen) atoms. The molecule has 1 aliphatic carbocycles. The molecule has 3 atom stereocenters. The summed E-state index contributed by atoms with van der Waals surface area (Å²) >= 11 is 0. The van der Waals surface area contributed by atoms with Gasteiger partial charge in [-0.05, 0) is 37.3 Å². The Bertz CT molecular complexity index is 774. The fourth-order valence-corrected chi connectivity index (χ4v) is 5.73. The summed E-state index contributed by atoms with van der Waals surface area (Å²) in [4.78, 5) is 16.5. The van der Waals surface area contributed by atoms with Crippen LogP contribution in [0.25, 0.3) is 0 Å². The second kappa shape index (κ2) is 11.4. The van der Waals surface area contributed by atoms with Crippen LogP contribution in [0.4, 0.5) is 0 Å². The number of hydrogen-bond donors (Lipinski definition) is 3. The first-order chi connectivity index (χ1) is 13.9. The summed E-state index contributed by atoms with van der Waals surface area (Å²) in [6.45, 7) is 0.193. The summed E-state index contributed by atoms with van der Waals surface area (Å²) in [6, 6.07) is 3.60. The van der Waals surface area contributed by atoms with Crippen molar-refractivity contribution in [1.29, 1.82) is 0 Å². The lowest BCUT2D eigenvalue weighted by atomic mass is 9.85. The molecule has 1 aliphatic heterocycles. The van der Waals surface area contributed by atoms with Gasteiger partial charge >= 0.3 is 0 Å². The van der Waals surface area contributed by atoms with Crippen molar-refractivity contribution in [3.63, 3.8) is 0 Å². The summed E-state index contributed by atoms with van der Waals surface area (Å²) in [7, 11) is -3.78. The number of nitrogens with zero attached hydrogens (tertiary/aromatic N) is 2. The number of aliphatic hydroxyl groups is 1. The normalized spacial score (nSPS) is 25.0. The highest BCUT2D eigenvalue weighted by Crippen LogP contribution is 2.27. The van der Waals surface area contributed by atoms with Gasteiger partial charge in [-0.2, -0.15) is 4.31 Å². The predicted octanol–water partition coefficient (Wildman–Crippen LogP) is 1.43. The molecule has 2 aliphatic rings. The summed E-state index contributed by atoms with van der Waals surface area (Å²) in [5.74, 6) is 0.225. The Morgan fingerprint density at radius 1 is 1.23 bits per heavy atom. The van der Waals surface area contributed by atoms with Gasteiger partial charge in [0.1, 0.15) is 0 Å². The highest BCUT2D eigenvalue weighted by Gasteiger charge is 2.34. The van der Waals surface area contributed by atoms with E-state index in [0.29, 0.717) is 25.2 Å². The van der Waals surface area contributed by atoms with Crippen LogP contribution in [0.15, 0.2) is 29.4 Å². The van der Waals surface area contributed by atoms with Gasteiger partial charge in [0.05, 0.1) is 18.2 Å². The minimum atomic E-state index is -3.78. The van der Waals surface area contributed by atoms with Gasteiger partial charge in [-0.15, -0.1) is 12.4 Å². The van der Waals surface area contributed by atoms with Crippen LogP contribution in [0, 0.1) is 5.92 Å². The third-order valence-corrected chi connectivity index (χ3v) is 7.78. The van der Waals surface area contributed by atoms with Crippen molar-refractivity contribution in [1.82, 2.24) is 14.6 Å². The largest absolute Gasteiger partial charge is 0.390 e. The number of halogens is 1. The molecule has 2 heterocycles. The summed E-state index contributed by atoms with van der Waals surface area (Å²) in [6.07, 6.45) is 8.00. The Morgan fingerprint density at radius 2 is 1.97 bits per heavy atom. The lowest BCUT2D eigenvalue weighted by Crippen LogP contribution is -2.52. The van der Waals surface area contributed by atoms with Crippen molar-refractivity contribution in [3.8, 4) is 0 Å². The zero-order valence-corrected chi connectivity index (χ0v) is 18.8. The first kappa shape index (κ1) is 25.0. The fraction of sp³-hybridized carbons (Fsp3) is 0.700. The molecule has 2 fully saturated rings. The van der Waals surface area contributed by atoms with Crippen LogP contribution in [0.2, 0.25) is 0 Å². The second-order valence-corrected chi connectivity index (χ2v) is 10.1. The quantitative estimate of drug-likeness (QED) is 0.589. The second-order valence-electron chi connectivity index (χ2n) is 8.20. The van der Waals surface area contributed by atoms with Crippen molar-refractivity contribution in [2.45, 2.75) is 74.6 Å². The highest BCUT2D eigenvalue weighted by molar-refractivity contribution is 7.89. The molecular formula is C20H33ClN4O4S. The molecule has 3 rings (SSSR count). The average molecular weight is 461 g/mol. The Morgan fingerprint density at radius 3 is 2.63 bits per heavy atom. The zero-order chi connectivity index (χ0) is 20.9. The number of carbonyl (C=O) groups excluding carboxylic acids is 1. The minimum absolute atomic E-state index is 0. The number of carbonyl (C=O) groups is 1. The molecule has 8 nitrogen and oxygen atoms in total. The van der Waals surface area contributed by atoms with Crippen LogP contribution in [-0.4, -0.2) is 60.0 Å². The first-order valence-electron chi connectivity index (χ1n) is 10.5. The maximum absolute atomic E-state index is 12.8. The van der Waals surface area contributed by atoms with Crippen molar-refractivity contribution >= 4 is 28.3 Å². The molecule has 170 valence electrons. The maximum Gasteiger partial charge on any atom is 0.260 e. The van der Waals surface area contributed by atoms with Gasteiger partial charge in [0.2, 0.25) is 5.91 Å². The minimum Gasteiger partial charge on any atom is -0.390 e. The van der Waals surface area contributed by atoms with Gasteiger partial charge in [0.15, 0.2) is 5.03 Å². The summed E-state index contributed by atoms with van der Waals surface area (Å²) in [5, 5.41) is 13.4. The van der Waals surface area contributed by atoms with Gasteiger partial charge in [0, 0.05) is 19.3 Å². The van der Waals surface area contributed by atoms with E-state index in [1.165, 1.54) is 35.8 Å². The number of sulfonamides is 1. The molecule has 0 aromatic carbocycles. The molecule has 4 N–H and O–H groups in total. The van der Waals surface area contributed by atoms with Gasteiger partial charge in [0.25, 0.3) is 10.0 Å². The number of β-amino-alcohol motifs (C(OH)–C–C–N with tert-alkyl or cyclic N) is 1. The Balaban J connectivity index is 0.00000320. The van der Waals surface area contributed by atoms with Crippen molar-refractivity contribution in [2.24, 2.45) is 11.7 Å². The predicted molar refractivity (Wildman–Crippen MR) is 117 cm³/mol. The third kappa shape index (κ3) is 6.37. The highest BCUT2D eigenvalue weighted by atomic mass is 35.5. The van der Waals surface area contributed by atoms with Gasteiger partial charge in [-0.3, -0.25) is 4.79 Å². The fourth-order valence-electron chi connectivity index (χ4n) is 4.30. The number of hydrogen-bond acceptors (Lipinski definition) is 6. The lowest BCUT2D eigenvalue weighted by Gasteiger charge is -2.27. The van der Waals surface area contributed by atoms with Crippen LogP contribution in [0.1, 0.15) is 51.4 Å². The van der Waals surface area contributed by atoms with Gasteiger partial charge < -0.3 is 16.2 Å². The SMILES string of the molecule is Cl.N[C@@H](CC1CCCCC1)C(=O)N[C@H]1CCCN(S(=O)(=O)c2ccccn2)C[C@@H]1O. The van der Waals surface area contributed by atoms with E-state index in [9.17, 15) is 18.3 Å². The van der Waals surface area contributed by atoms with Crippen LogP contribution >= 0.6 is 12.4 Å². The molecule has 1 amide bonds. The molecule has 0 bridgehead atoms. The Kier molecular flexibility index (Phi) is 9.49. The molecule has 0 spiro atoms. The number of aliphatic hydroxyl groups excluding tert-OH is 1. The van der Waals surface area contributed by atoms with E-state index >= 15 is 0 Å². The van der Waals surface area contributed by atoms with Gasteiger partial charge in [-0.1, -0.05) is 38.2 Å². The number of amides is 1. The van der Waals surface area contributed by atoms with E-state index in [0.717, 1.165) is 12.8 Å². The number of nitrogens with two attached hydrogens (primary N) is 1. The van der Waals surface area contributed by atoms with Crippen molar-refractivity contribution in [2.75, 3.05) is 13.1 Å². The van der Waals surface area contributed by atoms with E-state index in [1.54, 1.807) is 12.1 Å². The van der Waals surface area contributed by atoms with Crippen molar-refractivity contribution < 1.29 is 18.3 Å². The van der Waals surface area contributed by atoms with E-state index in [4.69, 9.17) is 5.73 Å². The van der Waals surface area contributed by atoms with Crippen LogP contribution in [0.5, 0.6) is 0 Å². The molecule has 1 aromatic rings. The number of nitrogens with one attached hydrogen (secondary N) is 1. The third-order valence-electron chi connectivity index (χ3n) is 6.00. The molecule has 1 saturated carbocycles. The monoisotopic (exact) mass is 460 g/mol. The van der Waals surface area contributed by atoms with Crippen LogP contribution in [0.3, 0.4) is 0 Å². The van der Waals surface area contributed by atoms with Crippen LogP contribution < -0.4 is 11.1 Å². The summed E-state index contributed by atoms with van der Waals surface area (Å²) in [5.41, 5.74) is 6.11. The Hall–Kier alpha value is -1.26. The van der Waals surface area contributed by atoms with Gasteiger partial charge in [-0.25, -0.2) is 13.4 Å². The molecule has 0 unspecified atom stereocenters. The van der Waals surface area contributed by atoms with E-state index < -0.39 is 28.2 Å². The molecule has 1 saturated heterocycles. The molecule has 1 aromatic heterocycles. The number of rotatable bonds is 6. The zero-order valence-electron chi connectivity index (χ0n) is 17.2. The number of pyridine rings is 1. The first-order valence-corrected chi connectivity index (χ1v) is 12.0. The standard InChI is InChI=1S/C20H32N4O4S.ClH/c21-16(13-15-7-2-1-3-8-15)20(26)23-17-9-6-12-24(14-18(17)25)29(27,28)19-10-4-5-11-22-19;/h4-5,10-11,15-18,25H,1-3,6-9,12-14,21H2,(H,23,26);1H/t16-,17-,18-;/m0./s1. The Labute approximate surface area is 185 Å². The van der Waals surface area contributed by atoms with Crippen LogP contribution in [-0.2, 0) is 14.8 Å². The smallest absolute Gasteiger partial charge is 0.260 e. The van der Waals surface area contributed by atoms with E-state index in [2.05, 4.69) is 10.3 Å². The molecule has 0 radical (unpaired) electrons. The topological polar surface area (TPSA) is 126 Å². The maximum atomic E-state index is 12.8. The van der Waals surface area contributed by atoms with Crippen molar-refractivity contribution in [3.05, 3.63) is 24.4 Å². The molecular weight excluding hydrogens is 428 g/mol. The lowest BCUT2D eigenvalue weighted by molar-refractivity contribution is -0.124.